The molecule has 1 aliphatic rings. The summed E-state index contributed by atoms with van der Waals surface area (Å²) in [6.07, 6.45) is 1.70. The number of rotatable bonds is 8. The van der Waals surface area contributed by atoms with E-state index in [0.29, 0.717) is 49.6 Å². The van der Waals surface area contributed by atoms with Crippen LogP contribution < -0.4 is 24.3 Å². The molecule has 0 atom stereocenters. The van der Waals surface area contributed by atoms with Crippen LogP contribution in [0, 0.1) is 0 Å². The average molecular weight is 528 g/mol. The molecule has 1 N–H and O–H groups in total. The minimum Gasteiger partial charge on any atom is -0.497 e. The summed E-state index contributed by atoms with van der Waals surface area (Å²) in [6.45, 7) is 0. The maximum atomic E-state index is 13.4. The largest absolute Gasteiger partial charge is 0.497 e. The SMILES string of the molecule is COc1ccc(/C=C2\Sc3cc(S(=O)(=O)Cc4c(OC)cccc4OC)ccc3NC2=O)c(OC)c1. The van der Waals surface area contributed by atoms with Gasteiger partial charge in [0.2, 0.25) is 0 Å². The van der Waals surface area contributed by atoms with Crippen LogP contribution in [0.4, 0.5) is 5.69 Å². The number of nitrogens with one attached hydrogen (secondary N) is 1. The van der Waals surface area contributed by atoms with Crippen molar-refractivity contribution in [3.05, 3.63) is 70.6 Å². The molecule has 188 valence electrons. The molecule has 0 saturated heterocycles. The maximum absolute atomic E-state index is 13.4. The second-order valence-corrected chi connectivity index (χ2v) is 10.8. The highest BCUT2D eigenvalue weighted by Crippen LogP contribution is 2.42. The van der Waals surface area contributed by atoms with Crippen LogP contribution in [-0.2, 0) is 20.4 Å². The Morgan fingerprint density at radius 1 is 0.861 bits per heavy atom. The van der Waals surface area contributed by atoms with E-state index in [-0.39, 0.29) is 16.6 Å². The van der Waals surface area contributed by atoms with Crippen LogP contribution in [0.2, 0.25) is 0 Å². The first kappa shape index (κ1) is 25.5. The van der Waals surface area contributed by atoms with E-state index in [4.69, 9.17) is 18.9 Å². The molecule has 3 aromatic carbocycles. The standard InChI is InChI=1S/C26H25NO7S2/c1-31-17-9-8-16(23(13-17)34-4)12-25-26(28)27-20-11-10-18(14-24(20)35-25)36(29,30)15-19-21(32-2)6-5-7-22(19)33-3/h5-14H,15H2,1-4H3,(H,27,28)/b25-12-. The molecule has 0 saturated carbocycles. The number of thioether (sulfide) groups is 1. The summed E-state index contributed by atoms with van der Waals surface area (Å²) in [7, 11) is 2.30. The zero-order valence-electron chi connectivity index (χ0n) is 20.2. The molecule has 0 fully saturated rings. The molecule has 10 heteroatoms. The molecular weight excluding hydrogens is 502 g/mol. The Hall–Kier alpha value is -3.63. The number of carbonyl (C=O) groups excluding carboxylic acids is 1. The lowest BCUT2D eigenvalue weighted by Crippen LogP contribution is -2.18. The predicted octanol–water partition coefficient (Wildman–Crippen LogP) is 4.78. The normalized spacial score (nSPS) is 14.1. The summed E-state index contributed by atoms with van der Waals surface area (Å²) >= 11 is 1.19. The monoisotopic (exact) mass is 527 g/mol. The number of ether oxygens (including phenoxy) is 4. The van der Waals surface area contributed by atoms with E-state index in [1.54, 1.807) is 61.7 Å². The van der Waals surface area contributed by atoms with Gasteiger partial charge >= 0.3 is 0 Å². The van der Waals surface area contributed by atoms with Gasteiger partial charge in [-0.2, -0.15) is 0 Å². The van der Waals surface area contributed by atoms with Crippen molar-refractivity contribution in [2.75, 3.05) is 33.8 Å². The zero-order valence-corrected chi connectivity index (χ0v) is 21.8. The number of amides is 1. The molecular formula is C26H25NO7S2. The lowest BCUT2D eigenvalue weighted by molar-refractivity contribution is -0.112. The Balaban J connectivity index is 1.67. The first-order valence-corrected chi connectivity index (χ1v) is 13.3. The summed E-state index contributed by atoms with van der Waals surface area (Å²) in [5, 5.41) is 2.83. The molecule has 1 amide bonds. The molecule has 3 aromatic rings. The van der Waals surface area contributed by atoms with E-state index in [2.05, 4.69) is 5.32 Å². The van der Waals surface area contributed by atoms with Crippen LogP contribution in [0.15, 0.2) is 69.3 Å². The minimum atomic E-state index is -3.76. The number of fused-ring (bicyclic) bond motifs is 1. The van der Waals surface area contributed by atoms with Crippen molar-refractivity contribution >= 4 is 39.3 Å². The molecule has 0 unspecified atom stereocenters. The van der Waals surface area contributed by atoms with E-state index in [0.717, 1.165) is 0 Å². The first-order valence-electron chi connectivity index (χ1n) is 10.8. The van der Waals surface area contributed by atoms with Gasteiger partial charge in [0.05, 0.1) is 55.2 Å². The Kier molecular flexibility index (Phi) is 7.46. The molecule has 8 nitrogen and oxygen atoms in total. The Morgan fingerprint density at radius 2 is 1.56 bits per heavy atom. The number of sulfone groups is 1. The lowest BCUT2D eigenvalue weighted by Gasteiger charge is -2.20. The summed E-state index contributed by atoms with van der Waals surface area (Å²) < 4.78 is 48.1. The molecule has 4 rings (SSSR count). The third-order valence-corrected chi connectivity index (χ3v) is 8.32. The minimum absolute atomic E-state index is 0.124. The number of carbonyl (C=O) groups is 1. The highest BCUT2D eigenvalue weighted by Gasteiger charge is 2.26. The number of anilines is 1. The second kappa shape index (κ2) is 10.5. The molecule has 0 aliphatic carbocycles. The third kappa shape index (κ3) is 5.14. The highest BCUT2D eigenvalue weighted by molar-refractivity contribution is 8.04. The van der Waals surface area contributed by atoms with Gasteiger partial charge in [-0.05, 0) is 48.5 Å². The van der Waals surface area contributed by atoms with E-state index in [1.165, 1.54) is 39.2 Å². The Bertz CT molecular complexity index is 1430. The fourth-order valence-corrected chi connectivity index (χ4v) is 6.21. The molecule has 0 radical (unpaired) electrons. The number of hydrogen-bond acceptors (Lipinski definition) is 8. The van der Waals surface area contributed by atoms with E-state index in [1.807, 2.05) is 0 Å². The zero-order chi connectivity index (χ0) is 25.9. The average Bonchev–Trinajstić information content (AvgIpc) is 2.88. The molecule has 1 aliphatic heterocycles. The van der Waals surface area contributed by atoms with E-state index < -0.39 is 9.84 Å². The van der Waals surface area contributed by atoms with Crippen LogP contribution in [0.5, 0.6) is 23.0 Å². The summed E-state index contributed by atoms with van der Waals surface area (Å²) in [6, 6.07) is 15.0. The van der Waals surface area contributed by atoms with Gasteiger partial charge in [0.15, 0.2) is 9.84 Å². The Morgan fingerprint density at radius 3 is 2.19 bits per heavy atom. The first-order chi connectivity index (χ1) is 17.3. The van der Waals surface area contributed by atoms with E-state index >= 15 is 0 Å². The summed E-state index contributed by atoms with van der Waals surface area (Å²) in [5.41, 5.74) is 1.66. The van der Waals surface area contributed by atoms with Crippen molar-refractivity contribution < 1.29 is 32.2 Å². The van der Waals surface area contributed by atoms with Crippen LogP contribution in [0.3, 0.4) is 0 Å². The fourth-order valence-electron chi connectivity index (χ4n) is 3.75. The predicted molar refractivity (Wildman–Crippen MR) is 139 cm³/mol. The van der Waals surface area contributed by atoms with Gasteiger partial charge < -0.3 is 24.3 Å². The van der Waals surface area contributed by atoms with Crippen molar-refractivity contribution in [3.63, 3.8) is 0 Å². The van der Waals surface area contributed by atoms with Crippen LogP contribution in [0.25, 0.3) is 6.08 Å². The Labute approximate surface area is 214 Å². The third-order valence-electron chi connectivity index (χ3n) is 5.60. The topological polar surface area (TPSA) is 100 Å². The molecule has 0 spiro atoms. The number of benzene rings is 3. The van der Waals surface area contributed by atoms with Crippen LogP contribution in [0.1, 0.15) is 11.1 Å². The molecule has 36 heavy (non-hydrogen) atoms. The maximum Gasteiger partial charge on any atom is 0.262 e. The van der Waals surface area contributed by atoms with Crippen molar-refractivity contribution in [2.24, 2.45) is 0 Å². The highest BCUT2D eigenvalue weighted by atomic mass is 32.2. The van der Waals surface area contributed by atoms with Gasteiger partial charge in [-0.1, -0.05) is 17.8 Å². The smallest absolute Gasteiger partial charge is 0.262 e. The fraction of sp³-hybridized carbons (Fsp3) is 0.192. The van der Waals surface area contributed by atoms with E-state index in [9.17, 15) is 13.2 Å². The molecule has 1 heterocycles. The van der Waals surface area contributed by atoms with Crippen molar-refractivity contribution in [3.8, 4) is 23.0 Å². The summed E-state index contributed by atoms with van der Waals surface area (Å²) in [5.74, 6) is 1.43. The van der Waals surface area contributed by atoms with Gasteiger partial charge in [0.1, 0.15) is 23.0 Å². The van der Waals surface area contributed by atoms with Gasteiger partial charge in [-0.15, -0.1) is 0 Å². The van der Waals surface area contributed by atoms with Gasteiger partial charge in [-0.3, -0.25) is 4.79 Å². The second-order valence-electron chi connectivity index (χ2n) is 7.73. The van der Waals surface area contributed by atoms with Gasteiger partial charge in [0.25, 0.3) is 5.91 Å². The number of hydrogen-bond donors (Lipinski definition) is 1. The van der Waals surface area contributed by atoms with Crippen LogP contribution in [-0.4, -0.2) is 42.8 Å². The van der Waals surface area contributed by atoms with Gasteiger partial charge in [0, 0.05) is 16.5 Å². The molecule has 0 aromatic heterocycles. The quantitative estimate of drug-likeness (QED) is 0.418. The molecule has 0 bridgehead atoms. The van der Waals surface area contributed by atoms with Crippen molar-refractivity contribution in [2.45, 2.75) is 15.5 Å². The van der Waals surface area contributed by atoms with Gasteiger partial charge in [-0.25, -0.2) is 8.42 Å². The van der Waals surface area contributed by atoms with Crippen LogP contribution >= 0.6 is 11.8 Å². The summed E-state index contributed by atoms with van der Waals surface area (Å²) in [4.78, 5) is 13.9. The number of methoxy groups -OCH3 is 4. The lowest BCUT2D eigenvalue weighted by atomic mass is 10.1. The van der Waals surface area contributed by atoms with Crippen molar-refractivity contribution in [1.82, 2.24) is 0 Å². The van der Waals surface area contributed by atoms with Crippen molar-refractivity contribution in [1.29, 1.82) is 0 Å².